The summed E-state index contributed by atoms with van der Waals surface area (Å²) >= 11 is 0. The van der Waals surface area contributed by atoms with Gasteiger partial charge >= 0.3 is 0 Å². The molecule has 0 aliphatic carbocycles. The zero-order valence-electron chi connectivity index (χ0n) is 35.1. The van der Waals surface area contributed by atoms with Crippen LogP contribution < -0.4 is 131 Å². The summed E-state index contributed by atoms with van der Waals surface area (Å²) in [6.45, 7) is 0. The van der Waals surface area contributed by atoms with Gasteiger partial charge in [-0.25, -0.2) is 0 Å². The van der Waals surface area contributed by atoms with Crippen LogP contribution in [0, 0.1) is 0 Å². The van der Waals surface area contributed by atoms with Crippen molar-refractivity contribution in [3.8, 4) is 22.3 Å². The van der Waals surface area contributed by atoms with Gasteiger partial charge in [-0.05, 0) is 54.6 Å². The van der Waals surface area contributed by atoms with Crippen LogP contribution in [0.5, 0.6) is 0 Å². The fourth-order valence-corrected chi connectivity index (χ4v) is 10.3. The van der Waals surface area contributed by atoms with E-state index in [0.717, 1.165) is 0 Å². The Morgan fingerprint density at radius 3 is 0.910 bits per heavy atom. The van der Waals surface area contributed by atoms with Crippen LogP contribution in [-0.4, -0.2) is 180 Å². The van der Waals surface area contributed by atoms with Crippen molar-refractivity contribution in [3.05, 3.63) is 0 Å². The monoisotopic (exact) mass is 789 g/mol. The third kappa shape index (κ3) is 5.29. The molecule has 8 aromatic carbocycles. The standard InChI is InChI=1S/C42B23O2/c43-15-9(22(50)35(63)39-11(15)13-23(51)24(52)14-12-25(53)29(57)32(60)36(64)40(12)67-42(14)41(13)66-39)2-4-3(16(44)27(55)28(56)17(4)45)1-5-8-10(20(48)26(54)18(5)46)21(49)31(59)34(62)38(8)65-37-7(1)6(2)19(47)30(58)33(37)61. The van der Waals surface area contributed by atoms with Gasteiger partial charge in [0.15, 0.2) is 18.4 Å². The smallest absolute Gasteiger partial charge is 0.191 e. The van der Waals surface area contributed by atoms with Crippen LogP contribution >= 0.6 is 0 Å². The Balaban J connectivity index is 1.43. The molecule has 0 atom stereocenters. The number of furan rings is 2. The molecule has 2 aromatic heterocycles. The van der Waals surface area contributed by atoms with Gasteiger partial charge in [-0.1, -0.05) is 81.9 Å². The summed E-state index contributed by atoms with van der Waals surface area (Å²) in [5.41, 5.74) is 0.738. The van der Waals surface area contributed by atoms with Crippen LogP contribution in [0.15, 0.2) is 8.83 Å². The normalized spacial score (nSPS) is 12.4. The second-order valence-electron chi connectivity index (χ2n) is 16.8. The average Bonchev–Trinajstić information content (AvgIpc) is 3.87. The molecule has 11 rings (SSSR count). The fourth-order valence-electron chi connectivity index (χ4n) is 10.3. The van der Waals surface area contributed by atoms with Crippen LogP contribution in [0.4, 0.5) is 0 Å². The van der Waals surface area contributed by atoms with E-state index in [1.54, 1.807) is 7.28 Å². The number of hydrogen-bond donors (Lipinski definition) is 0. The van der Waals surface area contributed by atoms with Crippen molar-refractivity contribution >= 4 is 387 Å². The average molecular weight is 785 g/mol. The number of benzene rings is 8. The first-order chi connectivity index (χ1) is 31.5. The van der Waals surface area contributed by atoms with E-state index in [0.29, 0.717) is 10.8 Å². The minimum Gasteiger partial charge on any atom is -0.453 e. The van der Waals surface area contributed by atoms with Crippen molar-refractivity contribution in [1.82, 2.24) is 0 Å². The van der Waals surface area contributed by atoms with E-state index >= 15 is 0 Å². The predicted octanol–water partition coefficient (Wildman–Crippen LogP) is -16.3. The third-order valence-corrected chi connectivity index (χ3v) is 13.7. The SMILES string of the molecule is [B]c1c([B])c([B])c2c(oc3c4oc5c([B])c([B])c(-c6c7c([B])c([B])c([B])c([B])c7c7c8c(c([B])c([B])c([B])c68)[B]c6c([B])c([B])c([B])c8c([B])c([B])c([B])c-7c68)c([B])c5c4c([B])c([B])c32)c1[B]. The van der Waals surface area contributed by atoms with Gasteiger partial charge in [0.1, 0.15) is 184 Å². The van der Waals surface area contributed by atoms with Crippen molar-refractivity contribution < 1.29 is 8.83 Å². The molecule has 249 valence electrons. The van der Waals surface area contributed by atoms with Gasteiger partial charge in [0.05, 0.1) is 0 Å². The number of hydrogen-bond acceptors (Lipinski definition) is 2. The zero-order chi connectivity index (χ0) is 48.4. The van der Waals surface area contributed by atoms with Gasteiger partial charge in [-0.2, -0.15) is 0 Å². The van der Waals surface area contributed by atoms with Crippen LogP contribution in [0.1, 0.15) is 0 Å². The zero-order valence-corrected chi connectivity index (χ0v) is 35.1. The lowest BCUT2D eigenvalue weighted by atomic mass is 9.50. The second kappa shape index (κ2) is 14.6. The highest BCUT2D eigenvalue weighted by atomic mass is 16.4. The van der Waals surface area contributed by atoms with Gasteiger partial charge in [-0.15, -0.1) is 49.2 Å². The Hall–Kier alpha value is -4.37. The molecular formula is C42B23O2. The quantitative estimate of drug-likeness (QED) is 0.122. The van der Waals surface area contributed by atoms with E-state index in [-0.39, 0.29) is 219 Å². The minimum atomic E-state index is -0.129. The van der Waals surface area contributed by atoms with Gasteiger partial charge in [0.2, 0.25) is 0 Å². The summed E-state index contributed by atoms with van der Waals surface area (Å²) in [5, 5.41) is 2.10. The Kier molecular flexibility index (Phi) is 9.82. The van der Waals surface area contributed by atoms with E-state index < -0.39 is 0 Å². The van der Waals surface area contributed by atoms with E-state index in [2.05, 4.69) is 0 Å². The molecule has 2 nitrogen and oxygen atoms in total. The Morgan fingerprint density at radius 1 is 0.179 bits per heavy atom. The highest BCUT2D eigenvalue weighted by Gasteiger charge is 2.34. The second-order valence-corrected chi connectivity index (χ2v) is 16.8. The molecule has 0 N–H and O–H groups in total. The predicted molar refractivity (Wildman–Crippen MR) is 308 cm³/mol. The summed E-state index contributed by atoms with van der Waals surface area (Å²) in [4.78, 5) is 0. The maximum Gasteiger partial charge on any atom is 0.191 e. The molecule has 0 spiro atoms. The van der Waals surface area contributed by atoms with Crippen LogP contribution in [0.2, 0.25) is 0 Å². The summed E-state index contributed by atoms with van der Waals surface area (Å²) in [7, 11) is 151. The van der Waals surface area contributed by atoms with Crippen LogP contribution in [0.25, 0.3) is 98.4 Å². The molecule has 1 aliphatic rings. The highest BCUT2D eigenvalue weighted by molar-refractivity contribution is 6.86. The summed E-state index contributed by atoms with van der Waals surface area (Å²) in [5.74, 6) is 0. The van der Waals surface area contributed by atoms with Gasteiger partial charge in [0.25, 0.3) is 0 Å². The molecule has 45 radical (unpaired) electrons. The van der Waals surface area contributed by atoms with Crippen molar-refractivity contribution in [2.45, 2.75) is 0 Å². The van der Waals surface area contributed by atoms with Crippen molar-refractivity contribution in [3.63, 3.8) is 0 Å². The molecule has 0 amide bonds. The fraction of sp³-hybridized carbons (Fsp3) is 0. The Morgan fingerprint density at radius 2 is 0.448 bits per heavy atom. The Labute approximate surface area is 415 Å². The van der Waals surface area contributed by atoms with Gasteiger partial charge in [0, 0.05) is 21.5 Å². The highest BCUT2D eigenvalue weighted by Crippen LogP contribution is 2.42. The summed E-state index contributed by atoms with van der Waals surface area (Å²) in [6, 6.07) is 0. The molecule has 10 aromatic rings. The molecule has 0 bridgehead atoms. The molecule has 0 fully saturated rings. The lowest BCUT2D eigenvalue weighted by Crippen LogP contribution is -2.57. The minimum absolute atomic E-state index is 0.000456. The molecule has 25 heteroatoms. The van der Waals surface area contributed by atoms with Crippen LogP contribution in [0.3, 0.4) is 0 Å². The van der Waals surface area contributed by atoms with Crippen LogP contribution in [-0.2, 0) is 0 Å². The number of rotatable bonds is 1. The molecule has 67 heavy (non-hydrogen) atoms. The molecule has 3 heterocycles. The summed E-state index contributed by atoms with van der Waals surface area (Å²) in [6.07, 6.45) is 0. The molecule has 1 aliphatic heterocycles. The Bertz CT molecular complexity index is 4140. The molecular weight excluding hydrogens is 785 g/mol. The van der Waals surface area contributed by atoms with Crippen molar-refractivity contribution in [1.29, 1.82) is 0 Å². The maximum atomic E-state index is 7.39. The van der Waals surface area contributed by atoms with E-state index in [1.165, 1.54) is 0 Å². The number of fused-ring (bicyclic) bond motifs is 10. The van der Waals surface area contributed by atoms with E-state index in [1.807, 2.05) is 0 Å². The first-order valence-corrected chi connectivity index (χ1v) is 20.0. The molecule has 0 unspecified atom stereocenters. The van der Waals surface area contributed by atoms with Crippen molar-refractivity contribution in [2.75, 3.05) is 0 Å². The lowest BCUT2D eigenvalue weighted by Gasteiger charge is -2.31. The van der Waals surface area contributed by atoms with Crippen molar-refractivity contribution in [2.24, 2.45) is 0 Å². The van der Waals surface area contributed by atoms with E-state index in [9.17, 15) is 0 Å². The van der Waals surface area contributed by atoms with E-state index in [4.69, 9.17) is 181 Å². The van der Waals surface area contributed by atoms with Gasteiger partial charge < -0.3 is 8.83 Å². The third-order valence-electron chi connectivity index (χ3n) is 13.7. The molecule has 0 saturated heterocycles. The van der Waals surface area contributed by atoms with Gasteiger partial charge in [-0.3, -0.25) is 0 Å². The lowest BCUT2D eigenvalue weighted by molar-refractivity contribution is 0.636. The summed E-state index contributed by atoms with van der Waals surface area (Å²) < 4.78 is 12.8. The first kappa shape index (κ1) is 45.1. The molecule has 0 saturated carbocycles. The maximum absolute atomic E-state index is 7.39. The largest absolute Gasteiger partial charge is 0.453 e. The topological polar surface area (TPSA) is 26.3 Å². The first-order valence-electron chi connectivity index (χ1n) is 20.0.